The second kappa shape index (κ2) is 11.6. The first kappa shape index (κ1) is 26.9. The maximum atomic E-state index is 12.9. The number of amides is 4. The molecule has 2 aliphatic heterocycles. The van der Waals surface area contributed by atoms with E-state index in [2.05, 4.69) is 0 Å². The summed E-state index contributed by atoms with van der Waals surface area (Å²) in [6.07, 6.45) is 0.317. The van der Waals surface area contributed by atoms with E-state index in [0.717, 1.165) is 9.79 Å². The highest BCUT2D eigenvalue weighted by Crippen LogP contribution is 2.37. The minimum absolute atomic E-state index is 0.159. The maximum Gasteiger partial charge on any atom is 0.247 e. The van der Waals surface area contributed by atoms with Gasteiger partial charge in [0, 0.05) is 22.6 Å². The van der Waals surface area contributed by atoms with Crippen molar-refractivity contribution in [2.24, 2.45) is 0 Å². The van der Waals surface area contributed by atoms with Crippen LogP contribution in [0.3, 0.4) is 0 Å². The molecule has 204 valence electrons. The van der Waals surface area contributed by atoms with Gasteiger partial charge in [-0.1, -0.05) is 36.4 Å². The molecule has 0 aromatic heterocycles. The number of carbonyl (C=O) groups excluding carboxylic acids is 4. The van der Waals surface area contributed by atoms with Crippen LogP contribution in [0.25, 0.3) is 0 Å². The Morgan fingerprint density at radius 3 is 1.24 bits per heavy atom. The molecule has 4 aromatic rings. The second-order valence-electron chi connectivity index (χ2n) is 9.47. The lowest BCUT2D eigenvalue weighted by Gasteiger charge is -2.15. The predicted molar refractivity (Wildman–Crippen MR) is 159 cm³/mol. The van der Waals surface area contributed by atoms with Crippen LogP contribution in [0.4, 0.5) is 11.4 Å². The Bertz CT molecular complexity index is 1470. The number of imide groups is 2. The van der Waals surface area contributed by atoms with Crippen LogP contribution in [0.5, 0.6) is 11.5 Å². The van der Waals surface area contributed by atoms with Gasteiger partial charge in [0.1, 0.15) is 11.5 Å². The number of para-hydroxylation sites is 2. The van der Waals surface area contributed by atoms with Crippen LogP contribution in [-0.4, -0.2) is 34.1 Å². The highest BCUT2D eigenvalue weighted by atomic mass is 32.2. The summed E-state index contributed by atoms with van der Waals surface area (Å²) in [4.78, 5) is 55.1. The first-order chi connectivity index (χ1) is 20.0. The number of nitrogens with zero attached hydrogens (tertiary/aromatic N) is 2. The Balaban J connectivity index is 1.04. The molecular weight excluding hydrogens is 556 g/mol. The fourth-order valence-electron chi connectivity index (χ4n) is 4.73. The minimum atomic E-state index is -0.471. The van der Waals surface area contributed by atoms with Crippen molar-refractivity contribution in [2.45, 2.75) is 33.1 Å². The standard InChI is InChI=1S/C32H24N2O5S2/c35-29-19-27(31(37)33(29)21-7-3-1-4-8-21)40-25-15-11-23(12-16-25)39-24-13-17-26(18-14-24)41-28-20-30(36)34(32(28)38)22-9-5-2-6-10-22/h1-18,27-28H,19-20H2. The van der Waals surface area contributed by atoms with Crippen LogP contribution in [0, 0.1) is 0 Å². The van der Waals surface area contributed by atoms with E-state index in [1.165, 1.54) is 33.3 Å². The summed E-state index contributed by atoms with van der Waals surface area (Å²) in [5.74, 6) is 0.450. The van der Waals surface area contributed by atoms with Crippen LogP contribution >= 0.6 is 23.5 Å². The number of thioether (sulfide) groups is 2. The number of rotatable bonds is 8. The molecule has 9 heteroatoms. The number of hydrogen-bond donors (Lipinski definition) is 0. The molecule has 2 fully saturated rings. The number of carbonyl (C=O) groups is 4. The summed E-state index contributed by atoms with van der Waals surface area (Å²) < 4.78 is 5.98. The molecule has 0 bridgehead atoms. The largest absolute Gasteiger partial charge is 0.457 e. The lowest BCUT2D eigenvalue weighted by Crippen LogP contribution is -2.30. The number of hydrogen-bond acceptors (Lipinski definition) is 7. The van der Waals surface area contributed by atoms with Gasteiger partial charge in [-0.2, -0.15) is 0 Å². The normalized spacial score (nSPS) is 18.8. The van der Waals surface area contributed by atoms with Crippen molar-refractivity contribution in [3.63, 3.8) is 0 Å². The van der Waals surface area contributed by atoms with Crippen molar-refractivity contribution in [3.05, 3.63) is 109 Å². The Labute approximate surface area is 245 Å². The first-order valence-electron chi connectivity index (χ1n) is 13.0. The average Bonchev–Trinajstić information content (AvgIpc) is 3.43. The number of ether oxygens (including phenoxy) is 1. The highest BCUT2D eigenvalue weighted by molar-refractivity contribution is 8.01. The molecule has 0 radical (unpaired) electrons. The van der Waals surface area contributed by atoms with E-state index in [9.17, 15) is 19.2 Å². The fourth-order valence-corrected chi connectivity index (χ4v) is 6.83. The molecule has 2 unspecified atom stereocenters. The molecule has 4 aromatic carbocycles. The molecule has 41 heavy (non-hydrogen) atoms. The fraction of sp³-hybridized carbons (Fsp3) is 0.125. The third kappa shape index (κ3) is 5.77. The van der Waals surface area contributed by atoms with Gasteiger partial charge in [0.25, 0.3) is 0 Å². The summed E-state index contributed by atoms with van der Waals surface area (Å²) in [5.41, 5.74) is 1.19. The number of benzene rings is 4. The van der Waals surface area contributed by atoms with Gasteiger partial charge in [0.05, 0.1) is 21.9 Å². The summed E-state index contributed by atoms with van der Waals surface area (Å²) in [5, 5.41) is -0.942. The summed E-state index contributed by atoms with van der Waals surface area (Å²) in [6.45, 7) is 0. The molecular formula is C32H24N2O5S2. The van der Waals surface area contributed by atoms with Gasteiger partial charge in [-0.3, -0.25) is 19.2 Å². The minimum Gasteiger partial charge on any atom is -0.457 e. The van der Waals surface area contributed by atoms with E-state index in [1.807, 2.05) is 60.7 Å². The zero-order valence-electron chi connectivity index (χ0n) is 21.7. The van der Waals surface area contributed by atoms with Crippen LogP contribution in [0.15, 0.2) is 119 Å². The number of anilines is 2. The van der Waals surface area contributed by atoms with E-state index in [0.29, 0.717) is 22.9 Å². The van der Waals surface area contributed by atoms with Gasteiger partial charge in [0.15, 0.2) is 0 Å². The van der Waals surface area contributed by atoms with Crippen molar-refractivity contribution in [2.75, 3.05) is 9.80 Å². The quantitative estimate of drug-likeness (QED) is 0.225. The zero-order valence-corrected chi connectivity index (χ0v) is 23.3. The van der Waals surface area contributed by atoms with Gasteiger partial charge in [0.2, 0.25) is 23.6 Å². The van der Waals surface area contributed by atoms with Crippen LogP contribution in [0.1, 0.15) is 12.8 Å². The molecule has 2 atom stereocenters. The molecule has 2 heterocycles. The van der Waals surface area contributed by atoms with E-state index >= 15 is 0 Å². The van der Waals surface area contributed by atoms with E-state index in [1.54, 1.807) is 48.5 Å². The van der Waals surface area contributed by atoms with E-state index in [4.69, 9.17) is 4.74 Å². The second-order valence-corrected chi connectivity index (χ2v) is 12.0. The molecule has 7 nitrogen and oxygen atoms in total. The summed E-state index contributed by atoms with van der Waals surface area (Å²) in [6, 6.07) is 32.7. The lowest BCUT2D eigenvalue weighted by molar-refractivity contribution is -0.122. The van der Waals surface area contributed by atoms with Gasteiger partial charge in [-0.15, -0.1) is 23.5 Å². The highest BCUT2D eigenvalue weighted by Gasteiger charge is 2.41. The molecule has 0 aliphatic carbocycles. The molecule has 0 N–H and O–H groups in total. The van der Waals surface area contributed by atoms with Crippen LogP contribution < -0.4 is 14.5 Å². The van der Waals surface area contributed by atoms with Crippen LogP contribution in [0.2, 0.25) is 0 Å². The lowest BCUT2D eigenvalue weighted by atomic mass is 10.3. The van der Waals surface area contributed by atoms with Crippen molar-refractivity contribution in [1.82, 2.24) is 0 Å². The van der Waals surface area contributed by atoms with Gasteiger partial charge in [-0.25, -0.2) is 9.80 Å². The Hall–Kier alpha value is -4.34. The third-order valence-electron chi connectivity index (χ3n) is 6.68. The van der Waals surface area contributed by atoms with Gasteiger partial charge >= 0.3 is 0 Å². The van der Waals surface area contributed by atoms with Crippen molar-refractivity contribution >= 4 is 58.5 Å². The Morgan fingerprint density at radius 2 is 0.878 bits per heavy atom. The molecule has 4 amide bonds. The molecule has 2 saturated heterocycles. The van der Waals surface area contributed by atoms with Crippen molar-refractivity contribution in [1.29, 1.82) is 0 Å². The molecule has 6 rings (SSSR count). The molecule has 2 aliphatic rings. The van der Waals surface area contributed by atoms with Gasteiger partial charge in [-0.05, 0) is 72.8 Å². The SMILES string of the molecule is O=C1CC(Sc2ccc(Oc3ccc(SC4CC(=O)N(c5ccccc5)C4=O)cc3)cc2)C(=O)N1c1ccccc1. The zero-order chi connectivity index (χ0) is 28.3. The van der Waals surface area contributed by atoms with Gasteiger partial charge < -0.3 is 4.74 Å². The summed E-state index contributed by atoms with van der Waals surface area (Å²) in [7, 11) is 0. The monoisotopic (exact) mass is 580 g/mol. The molecule has 0 saturated carbocycles. The Morgan fingerprint density at radius 1 is 0.512 bits per heavy atom. The van der Waals surface area contributed by atoms with Crippen LogP contribution in [-0.2, 0) is 19.2 Å². The predicted octanol–water partition coefficient (Wildman–Crippen LogP) is 6.33. The smallest absolute Gasteiger partial charge is 0.247 e. The summed E-state index contributed by atoms with van der Waals surface area (Å²) >= 11 is 2.73. The first-order valence-corrected chi connectivity index (χ1v) is 14.8. The topological polar surface area (TPSA) is 84.0 Å². The Kier molecular flexibility index (Phi) is 7.63. The van der Waals surface area contributed by atoms with E-state index in [-0.39, 0.29) is 36.5 Å². The van der Waals surface area contributed by atoms with Crippen molar-refractivity contribution < 1.29 is 23.9 Å². The van der Waals surface area contributed by atoms with Crippen molar-refractivity contribution in [3.8, 4) is 11.5 Å². The van der Waals surface area contributed by atoms with E-state index < -0.39 is 10.5 Å². The average molecular weight is 581 g/mol. The molecule has 0 spiro atoms. The maximum absolute atomic E-state index is 12.9. The third-order valence-corrected chi connectivity index (χ3v) is 9.07.